The summed E-state index contributed by atoms with van der Waals surface area (Å²) < 4.78 is 27.5. The van der Waals surface area contributed by atoms with E-state index in [1.807, 2.05) is 6.07 Å². The van der Waals surface area contributed by atoms with Crippen LogP contribution >= 0.6 is 23.2 Å². The number of sulfonamides is 1. The lowest BCUT2D eigenvalue weighted by Gasteiger charge is -2.14. The van der Waals surface area contributed by atoms with Crippen molar-refractivity contribution in [3.63, 3.8) is 0 Å². The lowest BCUT2D eigenvalue weighted by Crippen LogP contribution is -2.23. The molecular weight excluding hydrogens is 447 g/mol. The number of amides is 1. The largest absolute Gasteiger partial charge is 0.307 e. The second-order valence-corrected chi connectivity index (χ2v) is 9.74. The van der Waals surface area contributed by atoms with Crippen LogP contribution in [0.25, 0.3) is 0 Å². The summed E-state index contributed by atoms with van der Waals surface area (Å²) in [4.78, 5) is 12.9. The Labute approximate surface area is 185 Å². The van der Waals surface area contributed by atoms with Gasteiger partial charge in [-0.25, -0.2) is 17.4 Å². The normalized spacial score (nSPS) is 11.7. The first-order valence-corrected chi connectivity index (χ1v) is 11.1. The maximum absolute atomic E-state index is 12.9. The van der Waals surface area contributed by atoms with E-state index < -0.39 is 15.9 Å². The highest BCUT2D eigenvalue weighted by Gasteiger charge is 2.21. The molecule has 0 aliphatic carbocycles. The van der Waals surface area contributed by atoms with Crippen molar-refractivity contribution < 1.29 is 13.2 Å². The minimum atomic E-state index is -3.66. The van der Waals surface area contributed by atoms with Gasteiger partial charge in [0.25, 0.3) is 5.91 Å². The Bertz CT molecular complexity index is 1210. The zero-order valence-corrected chi connectivity index (χ0v) is 18.9. The van der Waals surface area contributed by atoms with Crippen LogP contribution in [-0.4, -0.2) is 42.5 Å². The fraction of sp³-hybridized carbons (Fsp3) is 0.200. The molecule has 3 aromatic rings. The third kappa shape index (κ3) is 4.52. The Balaban J connectivity index is 1.88. The van der Waals surface area contributed by atoms with Gasteiger partial charge >= 0.3 is 0 Å². The van der Waals surface area contributed by atoms with E-state index in [0.717, 1.165) is 9.87 Å². The monoisotopic (exact) mass is 466 g/mol. The summed E-state index contributed by atoms with van der Waals surface area (Å²) in [5.41, 5.74) is 1.65. The van der Waals surface area contributed by atoms with Crippen molar-refractivity contribution in [2.24, 2.45) is 0 Å². The lowest BCUT2D eigenvalue weighted by atomic mass is 10.1. The summed E-state index contributed by atoms with van der Waals surface area (Å²) in [6, 6.07) is 11.4. The average Bonchev–Trinajstić information content (AvgIpc) is 3.12. The number of halogens is 2. The highest BCUT2D eigenvalue weighted by atomic mass is 35.5. The molecule has 0 unspecified atom stereocenters. The number of carbonyl (C=O) groups is 1. The van der Waals surface area contributed by atoms with Crippen LogP contribution < -0.4 is 5.32 Å². The van der Waals surface area contributed by atoms with E-state index in [1.165, 1.54) is 26.2 Å². The van der Waals surface area contributed by atoms with Gasteiger partial charge in [0.2, 0.25) is 10.0 Å². The molecule has 0 aliphatic rings. The van der Waals surface area contributed by atoms with Crippen molar-refractivity contribution in [3.8, 4) is 0 Å². The zero-order valence-electron chi connectivity index (χ0n) is 16.6. The van der Waals surface area contributed by atoms with Crippen LogP contribution in [0.2, 0.25) is 10.0 Å². The maximum atomic E-state index is 12.9. The summed E-state index contributed by atoms with van der Waals surface area (Å²) >= 11 is 12.3. The quantitative estimate of drug-likeness (QED) is 0.593. The second kappa shape index (κ2) is 8.77. The molecule has 0 bridgehead atoms. The first kappa shape index (κ1) is 22.3. The third-order valence-corrected chi connectivity index (χ3v) is 7.21. The molecule has 0 saturated heterocycles. The molecule has 2 aromatic carbocycles. The minimum absolute atomic E-state index is 0.0440. The molecule has 0 spiro atoms. The van der Waals surface area contributed by atoms with Crippen LogP contribution in [0, 0.1) is 6.92 Å². The van der Waals surface area contributed by atoms with Crippen LogP contribution in [0.15, 0.2) is 53.6 Å². The third-order valence-electron chi connectivity index (χ3n) is 4.54. The van der Waals surface area contributed by atoms with Gasteiger partial charge in [-0.2, -0.15) is 5.10 Å². The van der Waals surface area contributed by atoms with Gasteiger partial charge in [0, 0.05) is 25.7 Å². The van der Waals surface area contributed by atoms with Crippen LogP contribution in [0.5, 0.6) is 0 Å². The first-order valence-electron chi connectivity index (χ1n) is 8.90. The summed E-state index contributed by atoms with van der Waals surface area (Å²) in [7, 11) is -0.783. The average molecular weight is 467 g/mol. The summed E-state index contributed by atoms with van der Waals surface area (Å²) in [5, 5.41) is 7.87. The number of hydrogen-bond donors (Lipinski definition) is 1. The Morgan fingerprint density at radius 1 is 1.17 bits per heavy atom. The van der Waals surface area contributed by atoms with Gasteiger partial charge in [-0.15, -0.1) is 0 Å². The topological polar surface area (TPSA) is 84.3 Å². The number of anilines is 1. The van der Waals surface area contributed by atoms with Crippen molar-refractivity contribution >= 4 is 45.0 Å². The van der Waals surface area contributed by atoms with Gasteiger partial charge < -0.3 is 5.32 Å². The number of nitrogens with one attached hydrogen (secondary N) is 1. The molecule has 1 amide bonds. The molecule has 158 valence electrons. The Morgan fingerprint density at radius 2 is 1.90 bits per heavy atom. The van der Waals surface area contributed by atoms with Gasteiger partial charge in [-0.3, -0.25) is 4.79 Å². The number of nitrogens with zero attached hydrogens (tertiary/aromatic N) is 3. The van der Waals surface area contributed by atoms with Crippen LogP contribution in [0.3, 0.4) is 0 Å². The number of carbonyl (C=O) groups excluding carboxylic acids is 1. The molecule has 1 heterocycles. The van der Waals surface area contributed by atoms with E-state index in [0.29, 0.717) is 28.0 Å². The summed E-state index contributed by atoms with van der Waals surface area (Å²) in [6.45, 7) is 2.04. The Kier molecular flexibility index (Phi) is 6.52. The highest BCUT2D eigenvalue weighted by Crippen LogP contribution is 2.27. The lowest BCUT2D eigenvalue weighted by molar-refractivity contribution is 0.102. The first-order chi connectivity index (χ1) is 14.1. The molecule has 0 aliphatic heterocycles. The van der Waals surface area contributed by atoms with E-state index in [9.17, 15) is 13.2 Å². The van der Waals surface area contributed by atoms with Crippen molar-refractivity contribution in [1.82, 2.24) is 14.1 Å². The Morgan fingerprint density at radius 3 is 2.60 bits per heavy atom. The fourth-order valence-corrected chi connectivity index (χ4v) is 4.11. The number of hydrogen-bond acceptors (Lipinski definition) is 4. The van der Waals surface area contributed by atoms with Gasteiger partial charge in [-0.1, -0.05) is 41.4 Å². The molecule has 30 heavy (non-hydrogen) atoms. The molecule has 1 N–H and O–H groups in total. The minimum Gasteiger partial charge on any atom is -0.307 e. The van der Waals surface area contributed by atoms with Crippen LogP contribution in [-0.2, 0) is 16.6 Å². The number of rotatable bonds is 6. The molecule has 0 saturated carbocycles. The molecule has 10 heteroatoms. The van der Waals surface area contributed by atoms with Crippen molar-refractivity contribution in [1.29, 1.82) is 0 Å². The maximum Gasteiger partial charge on any atom is 0.257 e. The second-order valence-electron chi connectivity index (χ2n) is 6.81. The fourth-order valence-electron chi connectivity index (χ4n) is 2.80. The zero-order chi connectivity index (χ0) is 22.1. The molecule has 3 rings (SSSR count). The van der Waals surface area contributed by atoms with Gasteiger partial charge in [0.05, 0.1) is 27.7 Å². The van der Waals surface area contributed by atoms with Crippen LogP contribution in [0.4, 0.5) is 5.82 Å². The molecule has 0 fully saturated rings. The SMILES string of the molecule is Cc1ccc(S(=O)(=O)N(C)C)cc1C(=O)Nc1ccnn1Cc1cccc(Cl)c1Cl. The number of aromatic nitrogens is 2. The van der Waals surface area contributed by atoms with Gasteiger partial charge in [0.15, 0.2) is 0 Å². The van der Waals surface area contributed by atoms with E-state index >= 15 is 0 Å². The van der Waals surface area contributed by atoms with Gasteiger partial charge in [-0.05, 0) is 36.2 Å². The van der Waals surface area contributed by atoms with E-state index in [-0.39, 0.29) is 10.5 Å². The summed E-state index contributed by atoms with van der Waals surface area (Å²) in [5.74, 6) is -0.00133. The van der Waals surface area contributed by atoms with Crippen LogP contribution in [0.1, 0.15) is 21.5 Å². The predicted octanol–water partition coefficient (Wildman–Crippen LogP) is 4.05. The number of aryl methyl sites for hydroxylation is 1. The summed E-state index contributed by atoms with van der Waals surface area (Å²) in [6.07, 6.45) is 1.55. The predicted molar refractivity (Wildman–Crippen MR) is 118 cm³/mol. The molecule has 1 aromatic heterocycles. The number of benzene rings is 2. The van der Waals surface area contributed by atoms with E-state index in [1.54, 1.807) is 42.1 Å². The molecule has 0 atom stereocenters. The van der Waals surface area contributed by atoms with Crippen molar-refractivity contribution in [2.75, 3.05) is 19.4 Å². The molecule has 0 radical (unpaired) electrons. The van der Waals surface area contributed by atoms with E-state index in [2.05, 4.69) is 10.4 Å². The van der Waals surface area contributed by atoms with Gasteiger partial charge in [0.1, 0.15) is 5.82 Å². The highest BCUT2D eigenvalue weighted by molar-refractivity contribution is 7.89. The molecular formula is C20H20Cl2N4O3S. The standard InChI is InChI=1S/C20H20Cl2N4O3S/c1-13-7-8-15(30(28,29)25(2)3)11-16(13)20(27)24-18-9-10-23-26(18)12-14-5-4-6-17(21)19(14)22/h4-11H,12H2,1-3H3,(H,24,27). The van der Waals surface area contributed by atoms with E-state index in [4.69, 9.17) is 23.2 Å². The smallest absolute Gasteiger partial charge is 0.257 e. The van der Waals surface area contributed by atoms with Crippen molar-refractivity contribution in [2.45, 2.75) is 18.4 Å². The molecule has 7 nitrogen and oxygen atoms in total. The Hall–Kier alpha value is -2.39. The van der Waals surface area contributed by atoms with Crippen molar-refractivity contribution in [3.05, 3.63) is 75.4 Å².